The quantitative estimate of drug-likeness (QED) is 0.638. The standard InChI is InChI=1S/C18H23F3N2O4/c1-10(2)8-13(22-15(24)12-7-5-4-6-11(12)3)16(25)23-14(17(26)27)9-18(19,20)21/h4-7,10,13-14H,8-9H2,1-3H3,(H,22,24)(H,23,25)(H,26,27). The zero-order chi connectivity index (χ0) is 20.8. The molecule has 0 saturated carbocycles. The van der Waals surface area contributed by atoms with Crippen LogP contribution in [0, 0.1) is 12.8 Å². The van der Waals surface area contributed by atoms with Crippen molar-refractivity contribution < 1.29 is 32.7 Å². The summed E-state index contributed by atoms with van der Waals surface area (Å²) in [5.74, 6) is -3.39. The molecule has 0 heterocycles. The molecule has 3 N–H and O–H groups in total. The fourth-order valence-electron chi connectivity index (χ4n) is 2.47. The molecule has 150 valence electrons. The van der Waals surface area contributed by atoms with Crippen LogP contribution in [0.4, 0.5) is 13.2 Å². The smallest absolute Gasteiger partial charge is 0.391 e. The van der Waals surface area contributed by atoms with Gasteiger partial charge in [-0.25, -0.2) is 4.79 Å². The fourth-order valence-corrected chi connectivity index (χ4v) is 2.47. The Morgan fingerprint density at radius 2 is 1.67 bits per heavy atom. The molecule has 0 aromatic heterocycles. The summed E-state index contributed by atoms with van der Waals surface area (Å²) in [7, 11) is 0. The molecule has 1 aromatic carbocycles. The molecule has 0 spiro atoms. The molecule has 9 heteroatoms. The lowest BCUT2D eigenvalue weighted by molar-refractivity contribution is -0.160. The highest BCUT2D eigenvalue weighted by Gasteiger charge is 2.37. The van der Waals surface area contributed by atoms with Gasteiger partial charge in [-0.15, -0.1) is 0 Å². The maximum Gasteiger partial charge on any atom is 0.391 e. The van der Waals surface area contributed by atoms with E-state index in [1.807, 2.05) is 5.32 Å². The van der Waals surface area contributed by atoms with E-state index < -0.39 is 42.5 Å². The van der Waals surface area contributed by atoms with E-state index in [0.717, 1.165) is 0 Å². The maximum atomic E-state index is 12.5. The van der Waals surface area contributed by atoms with Crippen LogP contribution in [0.15, 0.2) is 24.3 Å². The summed E-state index contributed by atoms with van der Waals surface area (Å²) in [5.41, 5.74) is 0.989. The lowest BCUT2D eigenvalue weighted by atomic mass is 10.0. The van der Waals surface area contributed by atoms with E-state index in [1.54, 1.807) is 45.0 Å². The van der Waals surface area contributed by atoms with Gasteiger partial charge < -0.3 is 15.7 Å². The topological polar surface area (TPSA) is 95.5 Å². The fraction of sp³-hybridized carbons (Fsp3) is 0.500. The number of carbonyl (C=O) groups excluding carboxylic acids is 2. The van der Waals surface area contributed by atoms with E-state index >= 15 is 0 Å². The first kappa shape index (κ1) is 22.5. The number of carboxylic acids is 1. The van der Waals surface area contributed by atoms with Crippen LogP contribution in [-0.4, -0.2) is 41.2 Å². The normalized spacial score (nSPS) is 13.7. The van der Waals surface area contributed by atoms with Crippen molar-refractivity contribution in [1.82, 2.24) is 10.6 Å². The van der Waals surface area contributed by atoms with Crippen LogP contribution < -0.4 is 10.6 Å². The predicted molar refractivity (Wildman–Crippen MR) is 92.1 cm³/mol. The first-order valence-corrected chi connectivity index (χ1v) is 8.37. The Labute approximate surface area is 155 Å². The lowest BCUT2D eigenvalue weighted by Gasteiger charge is -2.23. The van der Waals surface area contributed by atoms with Crippen molar-refractivity contribution in [3.63, 3.8) is 0 Å². The van der Waals surface area contributed by atoms with Crippen molar-refractivity contribution >= 4 is 17.8 Å². The Morgan fingerprint density at radius 3 is 2.15 bits per heavy atom. The van der Waals surface area contributed by atoms with Gasteiger partial charge in [0.25, 0.3) is 5.91 Å². The van der Waals surface area contributed by atoms with Crippen molar-refractivity contribution in [3.8, 4) is 0 Å². The minimum absolute atomic E-state index is 0.0659. The van der Waals surface area contributed by atoms with E-state index in [9.17, 15) is 27.6 Å². The lowest BCUT2D eigenvalue weighted by Crippen LogP contribution is -2.53. The number of amides is 2. The van der Waals surface area contributed by atoms with Crippen molar-refractivity contribution in [3.05, 3.63) is 35.4 Å². The van der Waals surface area contributed by atoms with Crippen LogP contribution in [0.1, 0.15) is 42.6 Å². The Hall–Kier alpha value is -2.58. The average Bonchev–Trinajstić information content (AvgIpc) is 2.52. The number of carboxylic acid groups (broad SMARTS) is 1. The SMILES string of the molecule is Cc1ccccc1C(=O)NC(CC(C)C)C(=O)NC(CC(F)(F)F)C(=O)O. The Bertz CT molecular complexity index is 689. The van der Waals surface area contributed by atoms with Gasteiger partial charge >= 0.3 is 12.1 Å². The third-order valence-electron chi connectivity index (χ3n) is 3.77. The largest absolute Gasteiger partial charge is 0.480 e. The van der Waals surface area contributed by atoms with Gasteiger partial charge in [0.1, 0.15) is 12.1 Å². The van der Waals surface area contributed by atoms with Gasteiger partial charge in [0.05, 0.1) is 6.42 Å². The molecule has 2 atom stereocenters. The van der Waals surface area contributed by atoms with Crippen LogP contribution >= 0.6 is 0 Å². The zero-order valence-corrected chi connectivity index (χ0v) is 15.3. The summed E-state index contributed by atoms with van der Waals surface area (Å²) < 4.78 is 37.6. The van der Waals surface area contributed by atoms with E-state index in [-0.39, 0.29) is 12.3 Å². The van der Waals surface area contributed by atoms with E-state index in [4.69, 9.17) is 5.11 Å². The molecule has 27 heavy (non-hydrogen) atoms. The average molecular weight is 388 g/mol. The monoisotopic (exact) mass is 388 g/mol. The minimum atomic E-state index is -4.76. The Kier molecular flexibility index (Phi) is 7.81. The molecule has 0 radical (unpaired) electrons. The second-order valence-corrected chi connectivity index (χ2v) is 6.69. The molecule has 0 saturated heterocycles. The highest BCUT2D eigenvalue weighted by Crippen LogP contribution is 2.22. The molecular weight excluding hydrogens is 365 g/mol. The molecule has 2 unspecified atom stereocenters. The Morgan fingerprint density at radius 1 is 1.07 bits per heavy atom. The number of aryl methyl sites for hydroxylation is 1. The van der Waals surface area contributed by atoms with Crippen LogP contribution in [0.3, 0.4) is 0 Å². The number of hydrogen-bond donors (Lipinski definition) is 3. The van der Waals surface area contributed by atoms with Gasteiger partial charge in [0.2, 0.25) is 5.91 Å². The number of alkyl halides is 3. The first-order chi connectivity index (χ1) is 12.4. The molecule has 0 aliphatic heterocycles. The number of hydrogen-bond acceptors (Lipinski definition) is 3. The molecule has 2 amide bonds. The highest BCUT2D eigenvalue weighted by molar-refractivity contribution is 5.99. The second-order valence-electron chi connectivity index (χ2n) is 6.69. The molecule has 0 aliphatic rings. The van der Waals surface area contributed by atoms with Gasteiger partial charge in [-0.1, -0.05) is 32.0 Å². The maximum absolute atomic E-state index is 12.5. The second kappa shape index (κ2) is 9.38. The van der Waals surface area contributed by atoms with Gasteiger partial charge in [-0.2, -0.15) is 13.2 Å². The summed E-state index contributed by atoms with van der Waals surface area (Å²) >= 11 is 0. The first-order valence-electron chi connectivity index (χ1n) is 8.37. The van der Waals surface area contributed by atoms with Crippen LogP contribution in [0.25, 0.3) is 0 Å². The highest BCUT2D eigenvalue weighted by atomic mass is 19.4. The summed E-state index contributed by atoms with van der Waals surface area (Å²) in [4.78, 5) is 35.8. The van der Waals surface area contributed by atoms with E-state index in [2.05, 4.69) is 5.32 Å². The van der Waals surface area contributed by atoms with Crippen LogP contribution in [0.5, 0.6) is 0 Å². The van der Waals surface area contributed by atoms with Crippen molar-refractivity contribution in [2.24, 2.45) is 5.92 Å². The molecule has 0 aliphatic carbocycles. The van der Waals surface area contributed by atoms with Gasteiger partial charge in [-0.05, 0) is 30.9 Å². The van der Waals surface area contributed by atoms with E-state index in [1.165, 1.54) is 0 Å². The summed E-state index contributed by atoms with van der Waals surface area (Å²) in [6, 6.07) is 3.35. The number of nitrogens with one attached hydrogen (secondary N) is 2. The zero-order valence-electron chi connectivity index (χ0n) is 15.3. The number of benzene rings is 1. The number of carbonyl (C=O) groups is 3. The Balaban J connectivity index is 2.94. The molecule has 0 fully saturated rings. The van der Waals surface area contributed by atoms with Crippen molar-refractivity contribution in [2.45, 2.75) is 51.9 Å². The summed E-state index contributed by atoms with van der Waals surface area (Å²) in [6.07, 6.45) is -6.32. The van der Waals surface area contributed by atoms with Gasteiger partial charge in [0.15, 0.2) is 0 Å². The minimum Gasteiger partial charge on any atom is -0.480 e. The van der Waals surface area contributed by atoms with Crippen LogP contribution in [0.2, 0.25) is 0 Å². The van der Waals surface area contributed by atoms with Crippen LogP contribution in [-0.2, 0) is 9.59 Å². The third kappa shape index (κ3) is 7.67. The molecule has 6 nitrogen and oxygen atoms in total. The molecule has 1 rings (SSSR count). The van der Waals surface area contributed by atoms with Crippen molar-refractivity contribution in [1.29, 1.82) is 0 Å². The molecule has 0 bridgehead atoms. The summed E-state index contributed by atoms with van der Waals surface area (Å²) in [6.45, 7) is 5.24. The van der Waals surface area contributed by atoms with Gasteiger partial charge in [0, 0.05) is 5.56 Å². The summed E-state index contributed by atoms with van der Waals surface area (Å²) in [5, 5.41) is 13.3. The number of aliphatic carboxylic acids is 1. The third-order valence-corrected chi connectivity index (χ3v) is 3.77. The number of halogens is 3. The molecular formula is C18H23F3N2O4. The predicted octanol–water partition coefficient (Wildman–Crippen LogP) is 2.66. The number of rotatable bonds is 8. The van der Waals surface area contributed by atoms with Gasteiger partial charge in [-0.3, -0.25) is 9.59 Å². The van der Waals surface area contributed by atoms with Crippen molar-refractivity contribution in [2.75, 3.05) is 0 Å². The molecule has 1 aromatic rings. The van der Waals surface area contributed by atoms with E-state index in [0.29, 0.717) is 11.1 Å².